The second kappa shape index (κ2) is 3.43. The molecule has 0 unspecified atom stereocenters. The molecule has 1 amide bonds. The number of aromatic nitrogens is 4. The lowest BCUT2D eigenvalue weighted by Gasteiger charge is -1.91. The number of nitrogens with zero attached hydrogens (tertiary/aromatic N) is 5. The van der Waals surface area contributed by atoms with Gasteiger partial charge in [0.25, 0.3) is 5.95 Å². The van der Waals surface area contributed by atoms with E-state index < -0.39 is 5.91 Å². The van der Waals surface area contributed by atoms with Gasteiger partial charge in [0, 0.05) is 0 Å². The highest BCUT2D eigenvalue weighted by molar-refractivity contribution is 5.90. The van der Waals surface area contributed by atoms with Crippen molar-refractivity contribution in [3.63, 3.8) is 0 Å². The Hall–Kier alpha value is -1.97. The van der Waals surface area contributed by atoms with E-state index in [1.54, 1.807) is 13.1 Å². The van der Waals surface area contributed by atoms with Crippen LogP contribution in [-0.2, 0) is 11.8 Å². The van der Waals surface area contributed by atoms with Crippen molar-refractivity contribution >= 4 is 11.9 Å². The van der Waals surface area contributed by atoms with Crippen LogP contribution in [0.2, 0.25) is 0 Å². The molecule has 0 spiro atoms. The Morgan fingerprint density at radius 1 is 1.83 bits per heavy atom. The summed E-state index contributed by atoms with van der Waals surface area (Å²) in [6, 6.07) is 1.70. The van der Waals surface area contributed by atoms with Crippen LogP contribution in [0.4, 0.5) is 5.95 Å². The molecule has 0 saturated heterocycles. The van der Waals surface area contributed by atoms with Gasteiger partial charge in [0.15, 0.2) is 0 Å². The van der Waals surface area contributed by atoms with Gasteiger partial charge < -0.3 is 0 Å². The number of amides is 1. The molecule has 0 radical (unpaired) electrons. The second-order valence-corrected chi connectivity index (χ2v) is 1.99. The molecule has 0 aliphatic rings. The van der Waals surface area contributed by atoms with Gasteiger partial charge in [-0.25, -0.2) is 0 Å². The van der Waals surface area contributed by atoms with Crippen LogP contribution in [0.1, 0.15) is 6.42 Å². The van der Waals surface area contributed by atoms with Crippen molar-refractivity contribution in [2.45, 2.75) is 6.42 Å². The minimum atomic E-state index is -0.439. The van der Waals surface area contributed by atoms with Crippen LogP contribution >= 0.6 is 0 Å². The Bertz CT molecular complexity index is 323. The van der Waals surface area contributed by atoms with E-state index in [9.17, 15) is 4.79 Å². The van der Waals surface area contributed by atoms with Gasteiger partial charge in [0.1, 0.15) is 6.42 Å². The lowest BCUT2D eigenvalue weighted by atomic mass is 10.4. The summed E-state index contributed by atoms with van der Waals surface area (Å²) < 4.78 is 0. The van der Waals surface area contributed by atoms with Crippen LogP contribution in [0.5, 0.6) is 0 Å². The first kappa shape index (κ1) is 8.13. The fourth-order valence-corrected chi connectivity index (χ4v) is 0.575. The summed E-state index contributed by atoms with van der Waals surface area (Å²) in [6.45, 7) is 0. The molecule has 7 nitrogen and oxygen atoms in total. The highest BCUT2D eigenvalue weighted by atomic mass is 16.1. The van der Waals surface area contributed by atoms with Crippen molar-refractivity contribution in [2.75, 3.05) is 5.32 Å². The Morgan fingerprint density at radius 2 is 2.58 bits per heavy atom. The first-order chi connectivity index (χ1) is 5.72. The quantitative estimate of drug-likeness (QED) is 0.611. The number of nitriles is 1. The summed E-state index contributed by atoms with van der Waals surface area (Å²) in [5, 5.41) is 21.1. The number of rotatable bonds is 2. The maximum Gasteiger partial charge on any atom is 0.270 e. The van der Waals surface area contributed by atoms with Gasteiger partial charge in [-0.1, -0.05) is 5.10 Å². The second-order valence-electron chi connectivity index (χ2n) is 1.99. The highest BCUT2D eigenvalue weighted by Gasteiger charge is 2.04. The van der Waals surface area contributed by atoms with Crippen LogP contribution in [0, 0.1) is 11.3 Å². The molecule has 0 saturated carbocycles. The fraction of sp³-hybridized carbons (Fsp3) is 0.400. The molecule has 62 valence electrons. The standard InChI is InChI=1S/C5H6N6O/c1-11-9-5(8-10-11)7-4(12)2-3-6/h2H2,1H3,(H,7,9,12). The summed E-state index contributed by atoms with van der Waals surface area (Å²) in [6.07, 6.45) is -0.210. The monoisotopic (exact) mass is 166 g/mol. The molecule has 0 fully saturated rings. The lowest BCUT2D eigenvalue weighted by molar-refractivity contribution is -0.115. The van der Waals surface area contributed by atoms with Crippen LogP contribution in [0.25, 0.3) is 0 Å². The van der Waals surface area contributed by atoms with E-state index in [0.717, 1.165) is 0 Å². The summed E-state index contributed by atoms with van der Waals surface area (Å²) in [5.74, 6) is -0.330. The number of hydrogen-bond acceptors (Lipinski definition) is 5. The van der Waals surface area contributed by atoms with E-state index in [1.165, 1.54) is 4.80 Å². The average molecular weight is 166 g/mol. The molecule has 0 aliphatic heterocycles. The number of aryl methyl sites for hydroxylation is 1. The molecule has 1 heterocycles. The Morgan fingerprint density at radius 3 is 3.08 bits per heavy atom. The molecule has 0 aliphatic carbocycles. The molecule has 1 N–H and O–H groups in total. The molecule has 0 aromatic carbocycles. The molecule has 1 aromatic heterocycles. The molecule has 12 heavy (non-hydrogen) atoms. The number of carbonyl (C=O) groups excluding carboxylic acids is 1. The number of hydrogen-bond donors (Lipinski definition) is 1. The van der Waals surface area contributed by atoms with Crippen molar-refractivity contribution in [1.82, 2.24) is 20.2 Å². The molecule has 7 heteroatoms. The normalized spacial score (nSPS) is 9.00. The van der Waals surface area contributed by atoms with E-state index in [2.05, 4.69) is 20.7 Å². The van der Waals surface area contributed by atoms with Crippen LogP contribution in [-0.4, -0.2) is 26.1 Å². The summed E-state index contributed by atoms with van der Waals surface area (Å²) >= 11 is 0. The number of anilines is 1. The Kier molecular flexibility index (Phi) is 2.32. The first-order valence-corrected chi connectivity index (χ1v) is 3.13. The zero-order valence-corrected chi connectivity index (χ0v) is 6.35. The van der Waals surface area contributed by atoms with E-state index in [1.807, 2.05) is 0 Å². The molecule has 1 aromatic rings. The minimum Gasteiger partial charge on any atom is -0.291 e. The summed E-state index contributed by atoms with van der Waals surface area (Å²) in [4.78, 5) is 12.0. The smallest absolute Gasteiger partial charge is 0.270 e. The third-order valence-electron chi connectivity index (χ3n) is 0.999. The maximum absolute atomic E-state index is 10.8. The van der Waals surface area contributed by atoms with Crippen LogP contribution in [0.3, 0.4) is 0 Å². The predicted octanol–water partition coefficient (Wildman–Crippen LogP) is -0.938. The lowest BCUT2D eigenvalue weighted by Crippen LogP contribution is -2.11. The molecule has 0 bridgehead atoms. The topological polar surface area (TPSA) is 96.5 Å². The van der Waals surface area contributed by atoms with Gasteiger partial charge in [0.05, 0.1) is 13.1 Å². The first-order valence-electron chi connectivity index (χ1n) is 3.13. The van der Waals surface area contributed by atoms with Crippen molar-refractivity contribution in [3.05, 3.63) is 0 Å². The molecule has 1 rings (SSSR count). The van der Waals surface area contributed by atoms with Gasteiger partial charge in [-0.05, 0) is 5.21 Å². The fourth-order valence-electron chi connectivity index (χ4n) is 0.575. The number of nitrogens with one attached hydrogen (secondary N) is 1. The molecule has 0 atom stereocenters. The average Bonchev–Trinajstić information content (AvgIpc) is 2.36. The van der Waals surface area contributed by atoms with Crippen LogP contribution < -0.4 is 5.32 Å². The maximum atomic E-state index is 10.8. The van der Waals surface area contributed by atoms with Gasteiger partial charge in [-0.15, -0.1) is 5.10 Å². The minimum absolute atomic E-state index is 0.109. The van der Waals surface area contributed by atoms with E-state index in [-0.39, 0.29) is 12.4 Å². The highest BCUT2D eigenvalue weighted by Crippen LogP contribution is 1.92. The van der Waals surface area contributed by atoms with Gasteiger partial charge in [-0.3, -0.25) is 10.1 Å². The van der Waals surface area contributed by atoms with Crippen LogP contribution in [0.15, 0.2) is 0 Å². The van der Waals surface area contributed by atoms with Gasteiger partial charge in [0.2, 0.25) is 5.91 Å². The van der Waals surface area contributed by atoms with Crippen molar-refractivity contribution in [3.8, 4) is 6.07 Å². The summed E-state index contributed by atoms with van der Waals surface area (Å²) in [7, 11) is 1.58. The third-order valence-corrected chi connectivity index (χ3v) is 0.999. The summed E-state index contributed by atoms with van der Waals surface area (Å²) in [5.41, 5.74) is 0. The van der Waals surface area contributed by atoms with Gasteiger partial charge >= 0.3 is 0 Å². The molecular weight excluding hydrogens is 160 g/mol. The molecular formula is C5H6N6O. The van der Waals surface area contributed by atoms with E-state index >= 15 is 0 Å². The predicted molar refractivity (Wildman–Crippen MR) is 37.7 cm³/mol. The zero-order chi connectivity index (χ0) is 8.97. The zero-order valence-electron chi connectivity index (χ0n) is 6.35. The van der Waals surface area contributed by atoms with E-state index in [0.29, 0.717) is 0 Å². The number of tetrazole rings is 1. The third kappa shape index (κ3) is 2.02. The van der Waals surface area contributed by atoms with Gasteiger partial charge in [-0.2, -0.15) is 10.1 Å². The Balaban J connectivity index is 2.53. The largest absolute Gasteiger partial charge is 0.291 e. The SMILES string of the molecule is Cn1nnc(NC(=O)CC#N)n1. The Labute approximate surface area is 68.0 Å². The van der Waals surface area contributed by atoms with Crippen molar-refractivity contribution in [2.24, 2.45) is 7.05 Å². The van der Waals surface area contributed by atoms with Crippen molar-refractivity contribution in [1.29, 1.82) is 5.26 Å². The number of carbonyl (C=O) groups is 1. The van der Waals surface area contributed by atoms with E-state index in [4.69, 9.17) is 5.26 Å². The van der Waals surface area contributed by atoms with Crippen molar-refractivity contribution < 1.29 is 4.79 Å².